The number of rotatable bonds is 11. The molecule has 0 saturated carbocycles. The van der Waals surface area contributed by atoms with Crippen molar-refractivity contribution in [3.8, 4) is 17.6 Å². The molecule has 9 heteroatoms. The van der Waals surface area contributed by atoms with Gasteiger partial charge in [-0.2, -0.15) is 5.26 Å². The second-order valence-electron chi connectivity index (χ2n) is 8.45. The van der Waals surface area contributed by atoms with Crippen LogP contribution >= 0.6 is 11.6 Å². The van der Waals surface area contributed by atoms with Gasteiger partial charge in [0.1, 0.15) is 24.2 Å². The highest BCUT2D eigenvalue weighted by molar-refractivity contribution is 6.32. The summed E-state index contributed by atoms with van der Waals surface area (Å²) in [5.74, 6) is 0.720. The zero-order chi connectivity index (χ0) is 27.6. The Morgan fingerprint density at radius 3 is 2.64 bits per heavy atom. The minimum atomic E-state index is -0.303. The fraction of sp³-hybridized carbons (Fsp3) is 0.167. The molecular weight excluding hydrogens is 514 g/mol. The second-order valence-corrected chi connectivity index (χ2v) is 8.86. The van der Waals surface area contributed by atoms with Crippen LogP contribution in [0, 0.1) is 11.3 Å². The number of benzene rings is 3. The van der Waals surface area contributed by atoms with Crippen LogP contribution in [-0.4, -0.2) is 31.1 Å². The first-order chi connectivity index (χ1) is 19.0. The van der Waals surface area contributed by atoms with Gasteiger partial charge in [0, 0.05) is 36.0 Å². The highest BCUT2D eigenvalue weighted by Crippen LogP contribution is 2.37. The van der Waals surface area contributed by atoms with Crippen LogP contribution < -0.4 is 25.4 Å². The number of nitrogens with zero attached hydrogens (tertiary/aromatic N) is 2. The number of likely N-dealkylation sites (N-methyl/N-ethyl adjacent to an activating group) is 1. The van der Waals surface area contributed by atoms with Gasteiger partial charge in [-0.05, 0) is 43.8 Å². The Morgan fingerprint density at radius 2 is 1.92 bits per heavy atom. The van der Waals surface area contributed by atoms with Crippen molar-refractivity contribution in [3.63, 3.8) is 0 Å². The summed E-state index contributed by atoms with van der Waals surface area (Å²) in [7, 11) is 1.80. The molecule has 0 fully saturated rings. The van der Waals surface area contributed by atoms with E-state index in [0.29, 0.717) is 69.8 Å². The van der Waals surface area contributed by atoms with Crippen LogP contribution in [0.1, 0.15) is 18.1 Å². The van der Waals surface area contributed by atoms with Gasteiger partial charge >= 0.3 is 0 Å². The first-order valence-electron chi connectivity index (χ1n) is 12.4. The van der Waals surface area contributed by atoms with Gasteiger partial charge in [0.2, 0.25) is 5.91 Å². The smallest absolute Gasteiger partial charge is 0.248 e. The van der Waals surface area contributed by atoms with Crippen LogP contribution in [0.25, 0.3) is 10.9 Å². The van der Waals surface area contributed by atoms with Crippen LogP contribution in [-0.2, 0) is 11.4 Å². The number of aromatic nitrogens is 1. The number of hydrogen-bond acceptors (Lipinski definition) is 7. The maximum absolute atomic E-state index is 12.5. The quantitative estimate of drug-likeness (QED) is 0.194. The zero-order valence-corrected chi connectivity index (χ0v) is 22.4. The van der Waals surface area contributed by atoms with Crippen molar-refractivity contribution in [1.82, 2.24) is 10.3 Å². The molecule has 0 aliphatic heterocycles. The van der Waals surface area contributed by atoms with E-state index in [2.05, 4.69) is 27.0 Å². The van der Waals surface area contributed by atoms with Crippen LogP contribution in [0.3, 0.4) is 0 Å². The van der Waals surface area contributed by atoms with Crippen LogP contribution in [0.4, 0.5) is 17.1 Å². The van der Waals surface area contributed by atoms with Gasteiger partial charge in [-0.15, -0.1) is 0 Å². The van der Waals surface area contributed by atoms with E-state index < -0.39 is 0 Å². The molecule has 39 heavy (non-hydrogen) atoms. The van der Waals surface area contributed by atoms with Gasteiger partial charge < -0.3 is 25.4 Å². The fourth-order valence-corrected chi connectivity index (χ4v) is 4.08. The lowest BCUT2D eigenvalue weighted by Crippen LogP contribution is -2.11. The van der Waals surface area contributed by atoms with Gasteiger partial charge in [0.25, 0.3) is 0 Å². The van der Waals surface area contributed by atoms with Gasteiger partial charge in [0.15, 0.2) is 0 Å². The summed E-state index contributed by atoms with van der Waals surface area (Å²) in [5.41, 5.74) is 3.61. The summed E-state index contributed by atoms with van der Waals surface area (Å²) in [6, 6.07) is 20.8. The largest absolute Gasteiger partial charge is 0.492 e. The molecule has 0 aliphatic carbocycles. The number of carbonyl (C=O) groups is 1. The van der Waals surface area contributed by atoms with Crippen molar-refractivity contribution in [2.75, 3.05) is 30.8 Å². The Morgan fingerprint density at radius 1 is 1.10 bits per heavy atom. The molecule has 4 rings (SSSR count). The molecule has 0 unspecified atom stereocenters. The SMILES string of the molecule is CCOc1cc2ncc(C#N)c(Nc3ccc(OCc4ccccc4)c(Cl)c3)c2cc1NC(=O)/C=C/CNC. The number of amides is 1. The summed E-state index contributed by atoms with van der Waals surface area (Å²) in [6.45, 7) is 3.22. The van der Waals surface area contributed by atoms with Gasteiger partial charge in [0.05, 0.1) is 34.1 Å². The third-order valence-corrected chi connectivity index (χ3v) is 5.97. The van der Waals surface area contributed by atoms with E-state index in [1.54, 1.807) is 37.4 Å². The molecule has 198 valence electrons. The molecule has 0 saturated heterocycles. The molecule has 1 heterocycles. The number of ether oxygens (including phenoxy) is 2. The fourth-order valence-electron chi connectivity index (χ4n) is 3.85. The highest BCUT2D eigenvalue weighted by Gasteiger charge is 2.16. The van der Waals surface area contributed by atoms with E-state index in [-0.39, 0.29) is 5.91 Å². The normalized spacial score (nSPS) is 10.8. The first kappa shape index (κ1) is 27.5. The molecule has 8 nitrogen and oxygen atoms in total. The third kappa shape index (κ3) is 7.05. The van der Waals surface area contributed by atoms with E-state index in [4.69, 9.17) is 21.1 Å². The van der Waals surface area contributed by atoms with Crippen LogP contribution in [0.15, 0.2) is 79.0 Å². The Balaban J connectivity index is 1.65. The maximum atomic E-state index is 12.5. The standard InChI is InChI=1S/C30H28ClN5O3/c1-3-38-28-16-25-23(15-26(28)36-29(37)10-7-13-33-2)30(21(17-32)18-34-25)35-22-11-12-27(24(31)14-22)39-19-20-8-5-4-6-9-20/h4-12,14-16,18,33H,3,13,19H2,1-2H3,(H,34,35)(H,36,37)/b10-7+. The monoisotopic (exact) mass is 541 g/mol. The van der Waals surface area contributed by atoms with E-state index in [1.807, 2.05) is 43.3 Å². The number of fused-ring (bicyclic) bond motifs is 1. The van der Waals surface area contributed by atoms with Crippen molar-refractivity contribution in [1.29, 1.82) is 5.26 Å². The second kappa shape index (κ2) is 13.3. The molecule has 3 aromatic carbocycles. The van der Waals surface area contributed by atoms with Crippen molar-refractivity contribution in [2.24, 2.45) is 0 Å². The Labute approximate surface area is 232 Å². The summed E-state index contributed by atoms with van der Waals surface area (Å²) in [4.78, 5) is 16.9. The van der Waals surface area contributed by atoms with Crippen molar-refractivity contribution in [3.05, 3.63) is 95.2 Å². The predicted molar refractivity (Wildman–Crippen MR) is 155 cm³/mol. The van der Waals surface area contributed by atoms with E-state index >= 15 is 0 Å². The minimum absolute atomic E-state index is 0.303. The molecule has 4 aromatic rings. The maximum Gasteiger partial charge on any atom is 0.248 e. The summed E-state index contributed by atoms with van der Waals surface area (Å²) in [5, 5.41) is 20.0. The minimum Gasteiger partial charge on any atom is -0.492 e. The van der Waals surface area contributed by atoms with Crippen LogP contribution in [0.2, 0.25) is 5.02 Å². The Kier molecular flexibility index (Phi) is 9.35. The van der Waals surface area contributed by atoms with Crippen LogP contribution in [0.5, 0.6) is 11.5 Å². The van der Waals surface area contributed by atoms with E-state index in [1.165, 1.54) is 12.3 Å². The highest BCUT2D eigenvalue weighted by atomic mass is 35.5. The van der Waals surface area contributed by atoms with Crippen molar-refractivity contribution >= 4 is 45.5 Å². The lowest BCUT2D eigenvalue weighted by Gasteiger charge is -2.16. The number of carbonyl (C=O) groups excluding carboxylic acids is 1. The average Bonchev–Trinajstić information content (AvgIpc) is 2.94. The first-order valence-corrected chi connectivity index (χ1v) is 12.7. The Hall–Kier alpha value is -4.58. The van der Waals surface area contributed by atoms with Gasteiger partial charge in [-0.25, -0.2) is 0 Å². The number of hydrogen-bond donors (Lipinski definition) is 3. The summed E-state index contributed by atoms with van der Waals surface area (Å²) >= 11 is 6.53. The molecule has 1 aromatic heterocycles. The summed E-state index contributed by atoms with van der Waals surface area (Å²) < 4.78 is 11.6. The van der Waals surface area contributed by atoms with Gasteiger partial charge in [-0.1, -0.05) is 48.0 Å². The van der Waals surface area contributed by atoms with Crippen molar-refractivity contribution in [2.45, 2.75) is 13.5 Å². The lowest BCUT2D eigenvalue weighted by molar-refractivity contribution is -0.111. The molecule has 0 aliphatic rings. The van der Waals surface area contributed by atoms with Gasteiger partial charge in [-0.3, -0.25) is 9.78 Å². The third-order valence-electron chi connectivity index (χ3n) is 5.68. The number of pyridine rings is 1. The lowest BCUT2D eigenvalue weighted by atomic mass is 10.1. The van der Waals surface area contributed by atoms with E-state index in [9.17, 15) is 10.1 Å². The molecule has 3 N–H and O–H groups in total. The molecular formula is C30H28ClN5O3. The average molecular weight is 542 g/mol. The topological polar surface area (TPSA) is 108 Å². The number of halogens is 1. The number of nitrogens with one attached hydrogen (secondary N) is 3. The summed E-state index contributed by atoms with van der Waals surface area (Å²) in [6.07, 6.45) is 4.66. The van der Waals surface area contributed by atoms with Crippen molar-refractivity contribution < 1.29 is 14.3 Å². The zero-order valence-electron chi connectivity index (χ0n) is 21.6. The molecule has 1 amide bonds. The number of nitriles is 1. The van der Waals surface area contributed by atoms with E-state index in [0.717, 1.165) is 5.56 Å². The number of anilines is 3. The molecule has 0 spiro atoms. The predicted octanol–water partition coefficient (Wildman–Crippen LogP) is 6.20. The Bertz CT molecular complexity index is 1530. The molecule has 0 atom stereocenters. The molecule has 0 bridgehead atoms. The molecule has 0 radical (unpaired) electrons.